The van der Waals surface area contributed by atoms with Gasteiger partial charge in [0, 0.05) is 141 Å². The van der Waals surface area contributed by atoms with Gasteiger partial charge in [0.15, 0.2) is 11.5 Å². The molecule has 0 saturated carbocycles. The molecule has 15 aromatic rings. The largest absolute Gasteiger partial charge is 1.00 e. The van der Waals surface area contributed by atoms with E-state index in [1.54, 1.807) is 55.4 Å². The Labute approximate surface area is 941 Å². The van der Waals surface area contributed by atoms with E-state index in [-0.39, 0.29) is 257 Å². The summed E-state index contributed by atoms with van der Waals surface area (Å²) in [6.07, 6.45) is -0.946. The predicted octanol–water partition coefficient (Wildman–Crippen LogP) is 10.1. The van der Waals surface area contributed by atoms with Gasteiger partial charge in [-0.2, -0.15) is 0 Å². The molecule has 6 aromatic heterocycles. The first-order chi connectivity index (χ1) is 79.8. The number of phosphoric ester groups is 1. The molecule has 133 heavy (non-hydrogen) atoms. The molecule has 9 aromatic carbocycles. The van der Waals surface area contributed by atoms with Gasteiger partial charge in [-0.1, -0.05) is 240 Å². The van der Waals surface area contributed by atoms with Gasteiger partial charge in [0.2, 0.25) is 0 Å². The van der Waals surface area contributed by atoms with Gasteiger partial charge in [-0.15, -0.1) is 0 Å². The average molecular weight is 2020 g/mol. The summed E-state index contributed by atoms with van der Waals surface area (Å²) in [6, 6.07) is -10.5. The van der Waals surface area contributed by atoms with Crippen LogP contribution in [0.15, 0.2) is 261 Å². The van der Waals surface area contributed by atoms with Crippen LogP contribution in [0.3, 0.4) is 0 Å². The Bertz CT molecular complexity index is 8470. The summed E-state index contributed by atoms with van der Waals surface area (Å²) in [6.45, 7) is 2.22. The second kappa shape index (κ2) is 51.0. The first-order valence-corrected chi connectivity index (χ1v) is 42.0. The number of phosphoric acid groups is 3. The summed E-state index contributed by atoms with van der Waals surface area (Å²) in [5.41, 5.74) is 3.86. The molecule has 7 heterocycles. The van der Waals surface area contributed by atoms with E-state index in [2.05, 4.69) is 48.0 Å². The number of ether oxygens (including phenoxy) is 1. The number of anilines is 1. The van der Waals surface area contributed by atoms with Crippen LogP contribution in [0.5, 0.6) is 0 Å². The van der Waals surface area contributed by atoms with Crippen LogP contribution in [0.25, 0.3) is 100 Å². The zero-order valence-corrected chi connectivity index (χ0v) is 84.9. The number of nitro groups is 2. The predicted molar refractivity (Wildman–Crippen MR) is 498 cm³/mol. The number of hydrogen-bond donors (Lipinski definition) is 2. The van der Waals surface area contributed by atoms with Crippen molar-refractivity contribution in [2.75, 3.05) is 12.3 Å². The summed E-state index contributed by atoms with van der Waals surface area (Å²) in [5, 5.41) is 31.5. The molecule has 1 saturated heterocycles. The van der Waals surface area contributed by atoms with Crippen molar-refractivity contribution in [1.82, 2.24) is 39.5 Å². The van der Waals surface area contributed by atoms with Gasteiger partial charge >= 0.3 is 118 Å². The van der Waals surface area contributed by atoms with Crippen molar-refractivity contribution < 1.29 is 246 Å². The van der Waals surface area contributed by atoms with Crippen molar-refractivity contribution in [2.24, 2.45) is 0 Å². The average Bonchev–Trinajstić information content (AvgIpc) is 1.05. The van der Waals surface area contributed by atoms with E-state index >= 15 is 0 Å². The molecule has 0 bridgehead atoms. The Hall–Kier alpha value is -7.78. The third kappa shape index (κ3) is 29.9. The van der Waals surface area contributed by atoms with Crippen molar-refractivity contribution in [2.45, 2.75) is 101 Å². The molecule has 664 valence electrons. The van der Waals surface area contributed by atoms with Crippen LogP contribution in [-0.4, -0.2) is 73.2 Å². The minimum absolute atomic E-state index is 0. The maximum Gasteiger partial charge on any atom is 1.00 e. The fourth-order valence-corrected chi connectivity index (χ4v) is 15.9. The number of nitrogens with two attached hydrogens (primary N) is 1. The molecule has 1 fully saturated rings. The summed E-state index contributed by atoms with van der Waals surface area (Å²) in [7, 11) is -17.9. The maximum atomic E-state index is 11.6. The number of halogens is 4. The van der Waals surface area contributed by atoms with E-state index in [9.17, 15) is 58.6 Å². The number of nitrogen functional groups attached to an aromatic ring is 1. The number of nitro benzene ring substituents is 2. The van der Waals surface area contributed by atoms with Gasteiger partial charge in [0.05, 0.1) is 86.1 Å². The molecule has 0 aliphatic carbocycles. The summed E-state index contributed by atoms with van der Waals surface area (Å²) >= 11 is 25.2. The van der Waals surface area contributed by atoms with Crippen LogP contribution in [0.2, 0.25) is 20.1 Å². The molecule has 27 nitrogen and oxygen atoms in total. The van der Waals surface area contributed by atoms with Gasteiger partial charge < -0.3 is 44.2 Å². The fraction of sp³-hybridized carbons (Fsp3) is 0.168. The third-order valence-electron chi connectivity index (χ3n) is 17.3. The molecular weight excluding hydrogens is 1890 g/mol. The maximum absolute atomic E-state index is 11.6. The molecule has 1 aliphatic rings. The normalized spacial score (nSPS) is 18.9. The Morgan fingerprint density at radius 3 is 1.12 bits per heavy atom. The summed E-state index contributed by atoms with van der Waals surface area (Å²) in [4.78, 5) is 92.2. The number of aromatic nitrogens is 8. The molecule has 0 amide bonds. The summed E-state index contributed by atoms with van der Waals surface area (Å²) in [5.74, 6) is 0.103. The van der Waals surface area contributed by atoms with Crippen LogP contribution in [-0.2, 0) is 31.6 Å². The minimum atomic E-state index is -6.09. The number of aliphatic hydroxyl groups is 1. The molecule has 5 atom stereocenters. The van der Waals surface area contributed by atoms with Crippen LogP contribution in [0.4, 0.5) is 17.2 Å². The standard InChI is InChI=1S/4C19H16ClN.C10H16N5O12P3.C9H10N2O4.4Na/c4*1-13-12-17(15-8-4-3-5-9-15)19(14(2)21-13)16-10-6-7-11-18(16)20;11-9-8-10(13-3-12-9)15(4-14-8)7-1-5(16)6(25-7)2-24-29(20,21)27-30(22,23)26-28(17,18)19;1-5-4-8(10(12)13)7(3)9(6(5)2)11(14)15;;;;/h4*3-12H,1-2H3;3-7,16H,1-2H2,(H,20,21)(H,22,23)(H2,11,12,13)(H2,17,18,19);4H,1-3H3;;;;/q;;;;;;4*+1/p-4/t;;;;5-,6+,7+;;;;;/m....0...../s1/i4*3D,4D,5D,6D,7D,8D,9D,10D,11D;1+1,2+1,3+1,4+1,5+1,6+1,7+1,8+1,9+1,10+1,11+1,12+1,13+1,14+1,15+1;1D3,2D3,3D3;;;;. The van der Waals surface area contributed by atoms with E-state index in [1.165, 1.54) is 41.5 Å². The smallest absolute Gasteiger partial charge is 0.790 e. The zero-order valence-electron chi connectivity index (χ0n) is 116. The number of hydrogen-bond acceptors (Lipinski definition) is 24. The number of aryl methyl sites for hydroxylation is 9. The van der Waals surface area contributed by atoms with Crippen LogP contribution < -0.4 is 144 Å². The molecule has 0 spiro atoms. The Morgan fingerprint density at radius 2 is 0.805 bits per heavy atom. The minimum Gasteiger partial charge on any atom is -0.790 e. The van der Waals surface area contributed by atoms with Crippen molar-refractivity contribution >= 4 is 98.2 Å². The van der Waals surface area contributed by atoms with Gasteiger partial charge in [0.25, 0.3) is 27.0 Å². The molecule has 16 rings (SSSR count). The fourth-order valence-electron chi connectivity index (χ4n) is 12.3. The van der Waals surface area contributed by atoms with E-state index in [1.807, 2.05) is 0 Å². The Morgan fingerprint density at radius 1 is 0.466 bits per heavy atom. The number of aliphatic hydroxyl groups excluding tert-OH is 1. The number of benzene rings is 9. The number of fused-ring (bicyclic) bond motifs is 1. The first kappa shape index (κ1) is 62.2. The SMILES string of the molecule is [15NH2][13c]1[15n][13cH][15n][13c]2[13c]1[15n][13cH][15n]2[13C@H]1[13CH2][13C@H](O)[13C@@H]([13CH2]OP(=O)([O-])OP(=O)([O-])OP(=O)([O-])[O-])O1.[2H]C([2H])([2H])c1cc([N+](=O)[O-])c(C([2H])([2H])[2H])c([N+](=O)[O-])c1C([2H])([2H])[2H].[2H]c1c([2H])c([2H])c(-c2cc(C)nc(C)c2-c2c([2H])c([2H])c([2H])c([2H])c2Cl)c([2H])c1[2H].[2H]c1c([2H])c([2H])c(-c2cc(C)nc(C)c2-c2c([2H])c([2H])c([2H])c([2H])c2Cl)c([2H])c1[2H].[2H]c1c([2H])c([2H])c(-c2cc(C)nc(C)c2-c2c([2H])c([2H])c([2H])c([2H])c2Cl)c([2H])c1[2H].[2H]c1c([2H])c([2H])c(-c2cc(C)nc(C)c2-c2c([2H])c([2H])c([2H])c([2H])c2Cl)c([2H])c1[2H].[Na+].[Na+].[Na+].[Na+]. The number of imidazole rings is 1. The molecule has 38 heteroatoms. The van der Waals surface area contributed by atoms with Crippen molar-refractivity contribution in [3.8, 4) is 89.0 Å². The molecule has 2 unspecified atom stereocenters. The monoisotopic (exact) mass is 2020 g/mol. The van der Waals surface area contributed by atoms with E-state index in [4.69, 9.17) is 119 Å². The number of nitrogens with zero attached hydrogens (tertiary/aromatic N) is 10. The van der Waals surface area contributed by atoms with E-state index < -0.39 is 325 Å². The van der Waals surface area contributed by atoms with Crippen molar-refractivity contribution in [1.29, 1.82) is 0 Å². The van der Waals surface area contributed by atoms with Crippen LogP contribution in [0, 0.1) is 96.2 Å². The molecule has 0 radical (unpaired) electrons. The van der Waals surface area contributed by atoms with Gasteiger partial charge in [-0.3, -0.25) is 58.2 Å². The van der Waals surface area contributed by atoms with E-state index in [0.717, 1.165) is 0 Å². The first-order valence-electron chi connectivity index (χ1n) is 58.6. The second-order valence-electron chi connectivity index (χ2n) is 26.2. The second-order valence-corrected chi connectivity index (χ2v) is 32.0. The molecular formula is C95H86Cl4N11Na4O16P3. The van der Waals surface area contributed by atoms with Gasteiger partial charge in [-0.25, -0.2) is 19.3 Å². The van der Waals surface area contributed by atoms with Gasteiger partial charge in [-0.05, 0) is 174 Å². The van der Waals surface area contributed by atoms with Crippen molar-refractivity contribution in [3.05, 3.63) is 363 Å². The van der Waals surface area contributed by atoms with Crippen molar-refractivity contribution in [3.63, 3.8) is 0 Å². The van der Waals surface area contributed by atoms with Crippen LogP contribution in [0.1, 0.15) is 137 Å². The third-order valence-corrected chi connectivity index (χ3v) is 22.1. The Kier molecular flexibility index (Phi) is 23.9. The van der Waals surface area contributed by atoms with Crippen LogP contribution >= 0.6 is 69.9 Å². The van der Waals surface area contributed by atoms with E-state index in [0.29, 0.717) is 45.6 Å². The number of rotatable bonds is 18. The number of pyridine rings is 4. The van der Waals surface area contributed by atoms with Gasteiger partial charge in [0.1, 0.15) is 29.7 Å². The zero-order chi connectivity index (χ0) is 132. The summed E-state index contributed by atoms with van der Waals surface area (Å²) < 4.78 is 407. The topological polar surface area (TPSA) is 408 Å². The molecule has 3 N–H and O–H groups in total. The Balaban J connectivity index is 0.000000284. The quantitative estimate of drug-likeness (QED) is 0.0201. The molecule has 1 aliphatic heterocycles.